The molecule has 0 aromatic heterocycles. The van der Waals surface area contributed by atoms with E-state index >= 15 is 0 Å². The van der Waals surface area contributed by atoms with Crippen molar-refractivity contribution in [1.82, 2.24) is 51.1 Å². The summed E-state index contributed by atoms with van der Waals surface area (Å²) in [6, 6.07) is 0. The third-order valence-electron chi connectivity index (χ3n) is 5.84. The van der Waals surface area contributed by atoms with Crippen molar-refractivity contribution >= 4 is 117 Å². The second-order valence-corrected chi connectivity index (χ2v) is 13.0. The van der Waals surface area contributed by atoms with Gasteiger partial charge in [0.1, 0.15) is 0 Å². The zero-order chi connectivity index (χ0) is 30.4. The van der Waals surface area contributed by atoms with Gasteiger partial charge >= 0.3 is 25.3 Å². The van der Waals surface area contributed by atoms with Crippen LogP contribution in [0.15, 0.2) is 24.6 Å². The van der Waals surface area contributed by atoms with Gasteiger partial charge in [-0.2, -0.15) is 30.5 Å². The van der Waals surface area contributed by atoms with E-state index in [0.717, 1.165) is 78.3 Å². The third kappa shape index (κ3) is 11.7. The van der Waals surface area contributed by atoms with Crippen molar-refractivity contribution in [2.75, 3.05) is 65.4 Å². The van der Waals surface area contributed by atoms with Crippen LogP contribution in [0, 0.1) is 0 Å². The summed E-state index contributed by atoms with van der Waals surface area (Å²) in [6.07, 6.45) is 10.1. The minimum atomic E-state index is -2.03. The molecule has 2 saturated heterocycles. The van der Waals surface area contributed by atoms with E-state index in [1.807, 2.05) is 22.4 Å². The van der Waals surface area contributed by atoms with Gasteiger partial charge in [-0.25, -0.2) is 0 Å². The standard InChI is InChI=1S/2C10H17N5S4.Mo.2O/c2*16-9(17)14(12-5-1-2-6-12)15(10(18)19)13-7-3-11-4-8-13;;;/h2*1,5,11H,2-4,6-8H2,(H,16,17)(H,18,19);;;/q;;+2;;/p-2. The van der Waals surface area contributed by atoms with Gasteiger partial charge in [-0.1, -0.05) is 12.2 Å². The van der Waals surface area contributed by atoms with Crippen LogP contribution in [0.4, 0.5) is 0 Å². The summed E-state index contributed by atoms with van der Waals surface area (Å²) in [5.74, 6) is 0. The Kier molecular flexibility index (Phi) is 18.1. The number of piperazine rings is 2. The molecule has 0 atom stereocenters. The van der Waals surface area contributed by atoms with E-state index in [1.165, 1.54) is 0 Å². The van der Waals surface area contributed by atoms with Crippen LogP contribution < -0.4 is 10.6 Å². The van der Waals surface area contributed by atoms with Gasteiger partial charge in [0.05, 0.1) is 0 Å². The van der Waals surface area contributed by atoms with E-state index in [1.54, 1.807) is 20.5 Å². The molecule has 0 unspecified atom stereocenters. The number of rotatable bonds is 4. The van der Waals surface area contributed by atoms with Gasteiger partial charge in [-0.05, 0) is 45.9 Å². The predicted octanol–water partition coefficient (Wildman–Crippen LogP) is 0.773. The average Bonchev–Trinajstić information content (AvgIpc) is 3.66. The Hall–Kier alpha value is -0.0917. The van der Waals surface area contributed by atoms with Crippen LogP contribution in [0.3, 0.4) is 0 Å². The molecule has 0 radical (unpaired) electrons. The topological polar surface area (TPSA) is 84.1 Å². The molecule has 0 aromatic rings. The van der Waals surface area contributed by atoms with E-state index in [4.69, 9.17) is 80.9 Å². The van der Waals surface area contributed by atoms with Crippen LogP contribution in [0.2, 0.25) is 0 Å². The van der Waals surface area contributed by atoms with Crippen molar-refractivity contribution in [2.45, 2.75) is 12.8 Å². The molecular formula is C20H32MoN10O2S8. The number of hydrazine groups is 6. The minimum absolute atomic E-state index is 0.335. The van der Waals surface area contributed by atoms with Crippen LogP contribution in [-0.2, 0) is 50.5 Å². The zero-order valence-corrected chi connectivity index (χ0v) is 30.6. The van der Waals surface area contributed by atoms with Crippen LogP contribution in [-0.4, -0.2) is 123 Å². The van der Waals surface area contributed by atoms with Gasteiger partial charge in [0.15, 0.2) is 8.64 Å². The molecular weight excluding hydrogens is 765 g/mol. The van der Waals surface area contributed by atoms with Crippen molar-refractivity contribution in [2.24, 2.45) is 0 Å². The second kappa shape index (κ2) is 20.0. The second-order valence-electron chi connectivity index (χ2n) is 8.40. The first-order valence-corrected chi connectivity index (χ1v) is 17.4. The summed E-state index contributed by atoms with van der Waals surface area (Å²) in [4.78, 5) is 0. The van der Waals surface area contributed by atoms with Crippen LogP contribution >= 0.6 is 74.1 Å². The Morgan fingerprint density at radius 3 is 1.20 bits per heavy atom. The maximum absolute atomic E-state index is 8.50. The first-order valence-electron chi connectivity index (χ1n) is 12.4. The number of thiocarbonyl (C=S) groups is 4. The molecule has 0 spiro atoms. The molecule has 12 nitrogen and oxygen atoms in total. The van der Waals surface area contributed by atoms with Gasteiger partial charge < -0.3 is 60.3 Å². The molecule has 2 fully saturated rings. The van der Waals surface area contributed by atoms with Crippen molar-refractivity contribution in [1.29, 1.82) is 0 Å². The van der Waals surface area contributed by atoms with Crippen molar-refractivity contribution < 1.29 is 25.3 Å². The van der Waals surface area contributed by atoms with E-state index in [9.17, 15) is 0 Å². The van der Waals surface area contributed by atoms with Gasteiger partial charge in [0.25, 0.3) is 0 Å². The normalized spacial score (nSPS) is 18.3. The zero-order valence-electron chi connectivity index (χ0n) is 21.9. The first kappa shape index (κ1) is 37.1. The number of hydrogen-bond acceptors (Lipinski definition) is 14. The molecule has 0 saturated carbocycles. The quantitative estimate of drug-likeness (QED) is 0.106. The molecule has 41 heavy (non-hydrogen) atoms. The molecule has 0 bridgehead atoms. The fraction of sp³-hybridized carbons (Fsp3) is 0.600. The van der Waals surface area contributed by atoms with E-state index in [0.29, 0.717) is 17.3 Å². The van der Waals surface area contributed by atoms with Crippen molar-refractivity contribution in [3.05, 3.63) is 24.6 Å². The Morgan fingerprint density at radius 2 is 0.976 bits per heavy atom. The maximum atomic E-state index is 8.50. The number of nitrogens with one attached hydrogen (secondary N) is 2. The van der Waals surface area contributed by atoms with Crippen molar-refractivity contribution in [3.63, 3.8) is 0 Å². The van der Waals surface area contributed by atoms with Crippen LogP contribution in [0.5, 0.6) is 0 Å². The summed E-state index contributed by atoms with van der Waals surface area (Å²) in [7, 11) is 0. The van der Waals surface area contributed by atoms with E-state index < -0.39 is 18.5 Å². The Morgan fingerprint density at radius 1 is 0.659 bits per heavy atom. The Balaban J connectivity index is 0.000000262. The Bertz CT molecular complexity index is 937. The van der Waals surface area contributed by atoms with Crippen LogP contribution in [0.25, 0.3) is 0 Å². The fourth-order valence-electron chi connectivity index (χ4n) is 4.18. The third-order valence-corrected chi connectivity index (χ3v) is 7.18. The molecule has 0 aromatic carbocycles. The summed E-state index contributed by atoms with van der Waals surface area (Å²) in [5, 5.41) is 21.9. The summed E-state index contributed by atoms with van der Waals surface area (Å²) >= 11 is 38.0. The van der Waals surface area contributed by atoms with Crippen molar-refractivity contribution in [3.8, 4) is 0 Å². The monoisotopic (exact) mass is 798 g/mol. The van der Waals surface area contributed by atoms with Gasteiger partial charge in [0, 0.05) is 77.8 Å². The summed E-state index contributed by atoms with van der Waals surface area (Å²) in [5.41, 5.74) is 0. The van der Waals surface area contributed by atoms with Gasteiger partial charge in [-0.15, -0.1) is 25.3 Å². The molecule has 4 aliphatic heterocycles. The van der Waals surface area contributed by atoms with Crippen LogP contribution in [0.1, 0.15) is 12.8 Å². The fourth-order valence-corrected chi connectivity index (χ4v) is 5.72. The van der Waals surface area contributed by atoms with E-state index in [2.05, 4.69) is 58.1 Å². The molecule has 0 amide bonds. The summed E-state index contributed by atoms with van der Waals surface area (Å²) < 4.78 is 18.6. The predicted molar refractivity (Wildman–Crippen MR) is 182 cm³/mol. The number of nitrogens with zero attached hydrogens (tertiary/aromatic N) is 8. The van der Waals surface area contributed by atoms with Gasteiger partial charge in [0.2, 0.25) is 0 Å². The molecule has 4 rings (SSSR count). The molecule has 21 heteroatoms. The summed E-state index contributed by atoms with van der Waals surface area (Å²) in [6.45, 7) is 8.66. The SMILES string of the molecule is S=C([S-])N(N1C=CCC1)N(C(=S)S)N1CCNCC1.S=C([S-])N(N1C=CCC1)N(C(=S)S)N1CCNCC1.[O]=[Mo+2]=[O]. The number of hydrogen-bond donors (Lipinski definition) is 4. The first-order chi connectivity index (χ1) is 19.6. The average molecular weight is 797 g/mol. The number of thiol groups is 2. The molecule has 0 aliphatic carbocycles. The van der Waals surface area contributed by atoms with Gasteiger partial charge in [-0.3, -0.25) is 10.0 Å². The molecule has 228 valence electrons. The molecule has 4 aliphatic rings. The Labute approximate surface area is 293 Å². The molecule has 4 heterocycles. The molecule has 2 N–H and O–H groups in total. The van der Waals surface area contributed by atoms with E-state index in [-0.39, 0.29) is 0 Å².